The molecule has 1 fully saturated rings. The van der Waals surface area contributed by atoms with Gasteiger partial charge >= 0.3 is 0 Å². The zero-order chi connectivity index (χ0) is 20.4. The van der Waals surface area contributed by atoms with Gasteiger partial charge in [-0.2, -0.15) is 0 Å². The molecule has 2 rings (SSSR count). The highest BCUT2D eigenvalue weighted by Crippen LogP contribution is 2.30. The molecule has 0 amide bonds. The van der Waals surface area contributed by atoms with Gasteiger partial charge in [-0.1, -0.05) is 26.7 Å². The first-order chi connectivity index (χ1) is 13.6. The maximum absolute atomic E-state index is 5.41. The van der Waals surface area contributed by atoms with Gasteiger partial charge in [-0.05, 0) is 25.7 Å². The average molecular weight is 518 g/mol. The van der Waals surface area contributed by atoms with Crippen molar-refractivity contribution in [3.8, 4) is 11.5 Å². The minimum absolute atomic E-state index is 0. The molecule has 0 unspecified atom stereocenters. The van der Waals surface area contributed by atoms with Gasteiger partial charge in [0.1, 0.15) is 11.5 Å². The highest BCUT2D eigenvalue weighted by Gasteiger charge is 2.21. The van der Waals surface area contributed by atoms with Crippen molar-refractivity contribution in [3.05, 3.63) is 18.2 Å². The topological polar surface area (TPSA) is 58.1 Å². The molecule has 0 spiro atoms. The summed E-state index contributed by atoms with van der Waals surface area (Å²) in [7, 11) is 3.38. The average Bonchev–Trinajstić information content (AvgIpc) is 2.74. The number of rotatable bonds is 9. The predicted octanol–water partition coefficient (Wildman–Crippen LogP) is 4.28. The SMILES string of the molecule is CCNC(=NCC(CC)CC)NC1CCN(c2cc(OC)cc(OC)c2)CC1.I. The van der Waals surface area contributed by atoms with Crippen molar-refractivity contribution in [2.24, 2.45) is 10.9 Å². The molecule has 0 aliphatic carbocycles. The zero-order valence-corrected chi connectivity index (χ0v) is 21.0. The van der Waals surface area contributed by atoms with Crippen LogP contribution < -0.4 is 25.0 Å². The summed E-state index contributed by atoms with van der Waals surface area (Å²) < 4.78 is 10.8. The first kappa shape index (κ1) is 25.7. The number of hydrogen-bond donors (Lipinski definition) is 2. The van der Waals surface area contributed by atoms with E-state index in [0.29, 0.717) is 12.0 Å². The molecule has 1 aromatic rings. The number of nitrogens with zero attached hydrogens (tertiary/aromatic N) is 2. The van der Waals surface area contributed by atoms with Crippen molar-refractivity contribution < 1.29 is 9.47 Å². The molecule has 6 nitrogen and oxygen atoms in total. The van der Waals surface area contributed by atoms with Gasteiger partial charge in [-0.15, -0.1) is 24.0 Å². The number of methoxy groups -OCH3 is 2. The number of halogens is 1. The summed E-state index contributed by atoms with van der Waals surface area (Å²) >= 11 is 0. The van der Waals surface area contributed by atoms with Gasteiger partial charge in [0.15, 0.2) is 5.96 Å². The molecule has 1 aliphatic heterocycles. The molecule has 29 heavy (non-hydrogen) atoms. The van der Waals surface area contributed by atoms with Crippen LogP contribution in [-0.4, -0.2) is 52.4 Å². The monoisotopic (exact) mass is 518 g/mol. The van der Waals surface area contributed by atoms with Crippen molar-refractivity contribution in [2.45, 2.75) is 52.5 Å². The Hall–Kier alpha value is -1.38. The van der Waals surface area contributed by atoms with Gasteiger partial charge < -0.3 is 25.0 Å². The lowest BCUT2D eigenvalue weighted by molar-refractivity contribution is 0.393. The molecule has 1 aromatic carbocycles. The van der Waals surface area contributed by atoms with Crippen molar-refractivity contribution in [1.29, 1.82) is 0 Å². The van der Waals surface area contributed by atoms with E-state index >= 15 is 0 Å². The van der Waals surface area contributed by atoms with E-state index in [1.54, 1.807) is 14.2 Å². The number of aliphatic imine (C=N–C) groups is 1. The Morgan fingerprint density at radius 3 is 2.14 bits per heavy atom. The molecule has 0 radical (unpaired) electrons. The normalized spacial score (nSPS) is 15.1. The third kappa shape index (κ3) is 8.10. The van der Waals surface area contributed by atoms with Gasteiger partial charge in [0.05, 0.1) is 14.2 Å². The van der Waals surface area contributed by atoms with Gasteiger partial charge in [0.2, 0.25) is 0 Å². The summed E-state index contributed by atoms with van der Waals surface area (Å²) in [5, 5.41) is 7.04. The van der Waals surface area contributed by atoms with E-state index in [9.17, 15) is 0 Å². The summed E-state index contributed by atoms with van der Waals surface area (Å²) in [4.78, 5) is 7.22. The van der Waals surface area contributed by atoms with Gasteiger partial charge in [0.25, 0.3) is 0 Å². The first-order valence-corrected chi connectivity index (χ1v) is 10.7. The van der Waals surface area contributed by atoms with Crippen molar-refractivity contribution in [3.63, 3.8) is 0 Å². The van der Waals surface area contributed by atoms with E-state index in [4.69, 9.17) is 14.5 Å². The smallest absolute Gasteiger partial charge is 0.191 e. The van der Waals surface area contributed by atoms with Crippen LogP contribution in [0, 0.1) is 5.92 Å². The van der Waals surface area contributed by atoms with E-state index in [-0.39, 0.29) is 24.0 Å². The Kier molecular flexibility index (Phi) is 12.2. The predicted molar refractivity (Wildman–Crippen MR) is 133 cm³/mol. The lowest BCUT2D eigenvalue weighted by Crippen LogP contribution is -2.49. The molecule has 166 valence electrons. The maximum Gasteiger partial charge on any atom is 0.191 e. The number of nitrogens with one attached hydrogen (secondary N) is 2. The number of guanidine groups is 1. The molecule has 0 aromatic heterocycles. The third-order valence-electron chi connectivity index (χ3n) is 5.54. The third-order valence-corrected chi connectivity index (χ3v) is 5.54. The highest BCUT2D eigenvalue weighted by atomic mass is 127. The van der Waals surface area contributed by atoms with Crippen LogP contribution in [0.4, 0.5) is 5.69 Å². The van der Waals surface area contributed by atoms with E-state index in [1.165, 1.54) is 12.8 Å². The standard InChI is InChI=1S/C22H38N4O2.HI/c1-6-17(7-2)16-24-22(23-8-3)25-18-9-11-26(12-10-18)19-13-20(27-4)15-21(14-19)28-5;/h13-15,17-18H,6-12,16H2,1-5H3,(H2,23,24,25);1H. The summed E-state index contributed by atoms with van der Waals surface area (Å²) in [5.74, 6) is 3.28. The number of benzene rings is 1. The maximum atomic E-state index is 5.41. The highest BCUT2D eigenvalue weighted by molar-refractivity contribution is 14.0. The fraction of sp³-hybridized carbons (Fsp3) is 0.682. The Balaban J connectivity index is 0.00000420. The number of anilines is 1. The molecule has 1 saturated heterocycles. The van der Waals surface area contributed by atoms with Crippen LogP contribution in [0.5, 0.6) is 11.5 Å². The summed E-state index contributed by atoms with van der Waals surface area (Å²) in [6.45, 7) is 10.4. The van der Waals surface area contributed by atoms with Gasteiger partial charge in [-0.3, -0.25) is 4.99 Å². The molecule has 1 heterocycles. The Morgan fingerprint density at radius 1 is 1.07 bits per heavy atom. The van der Waals surface area contributed by atoms with E-state index < -0.39 is 0 Å². The molecular formula is C22H39IN4O2. The second kappa shape index (κ2) is 13.8. The van der Waals surface area contributed by atoms with E-state index in [2.05, 4.69) is 48.4 Å². The summed E-state index contributed by atoms with van der Waals surface area (Å²) in [6, 6.07) is 6.52. The van der Waals surface area contributed by atoms with Crippen LogP contribution in [0.1, 0.15) is 46.5 Å². The second-order valence-electron chi connectivity index (χ2n) is 7.38. The number of ether oxygens (including phenoxy) is 2. The molecule has 7 heteroatoms. The van der Waals surface area contributed by atoms with Crippen molar-refractivity contribution >= 4 is 35.6 Å². The lowest BCUT2D eigenvalue weighted by Gasteiger charge is -2.35. The second-order valence-corrected chi connectivity index (χ2v) is 7.38. The number of hydrogen-bond acceptors (Lipinski definition) is 4. The van der Waals surface area contributed by atoms with Crippen LogP contribution in [0.25, 0.3) is 0 Å². The fourth-order valence-electron chi connectivity index (χ4n) is 3.54. The first-order valence-electron chi connectivity index (χ1n) is 10.7. The van der Waals surface area contributed by atoms with Gasteiger partial charge in [-0.25, -0.2) is 0 Å². The van der Waals surface area contributed by atoms with E-state index in [0.717, 1.165) is 62.2 Å². The lowest BCUT2D eigenvalue weighted by atomic mass is 10.0. The fourth-order valence-corrected chi connectivity index (χ4v) is 3.54. The molecule has 1 aliphatic rings. The molecular weight excluding hydrogens is 479 g/mol. The Morgan fingerprint density at radius 2 is 1.66 bits per heavy atom. The van der Waals surface area contributed by atoms with Crippen LogP contribution in [-0.2, 0) is 0 Å². The van der Waals surface area contributed by atoms with Crippen molar-refractivity contribution in [1.82, 2.24) is 10.6 Å². The molecule has 0 atom stereocenters. The quantitative estimate of drug-likeness (QED) is 0.291. The molecule has 2 N–H and O–H groups in total. The largest absolute Gasteiger partial charge is 0.497 e. The van der Waals surface area contributed by atoms with E-state index in [1.807, 2.05) is 6.07 Å². The van der Waals surface area contributed by atoms with Crippen LogP contribution in [0.2, 0.25) is 0 Å². The molecule has 0 bridgehead atoms. The van der Waals surface area contributed by atoms with Crippen molar-refractivity contribution in [2.75, 3.05) is 45.3 Å². The van der Waals surface area contributed by atoms with Crippen LogP contribution >= 0.6 is 24.0 Å². The minimum Gasteiger partial charge on any atom is -0.497 e. The summed E-state index contributed by atoms with van der Waals surface area (Å²) in [6.07, 6.45) is 4.52. The minimum atomic E-state index is 0. The van der Waals surface area contributed by atoms with Crippen LogP contribution in [0.15, 0.2) is 23.2 Å². The summed E-state index contributed by atoms with van der Waals surface area (Å²) in [5.41, 5.74) is 1.16. The zero-order valence-electron chi connectivity index (χ0n) is 18.7. The number of piperidine rings is 1. The van der Waals surface area contributed by atoms with Gasteiger partial charge in [0, 0.05) is 56.1 Å². The Labute approximate surface area is 193 Å². The molecule has 0 saturated carbocycles. The van der Waals surface area contributed by atoms with Crippen LogP contribution in [0.3, 0.4) is 0 Å². The Bertz CT molecular complexity index is 593.